The predicted octanol–water partition coefficient (Wildman–Crippen LogP) is 4.04. The van der Waals surface area contributed by atoms with E-state index in [9.17, 15) is 4.79 Å². The molecule has 0 aliphatic heterocycles. The smallest absolute Gasteiger partial charge is 0.227 e. The first kappa shape index (κ1) is 15.5. The Kier molecular flexibility index (Phi) is 5.87. The Morgan fingerprint density at radius 1 is 1.26 bits per heavy atom. The number of carbonyl (C=O) groups excluding carboxylic acids is 1. The van der Waals surface area contributed by atoms with Crippen LogP contribution in [-0.2, 0) is 4.79 Å². The molecule has 0 saturated heterocycles. The van der Waals surface area contributed by atoms with Crippen molar-refractivity contribution in [2.45, 2.75) is 53.4 Å². The van der Waals surface area contributed by atoms with Crippen LogP contribution in [0.5, 0.6) is 0 Å². The van der Waals surface area contributed by atoms with E-state index < -0.39 is 0 Å². The number of amides is 1. The normalized spacial score (nSPS) is 12.2. The molecule has 1 rings (SSSR count). The van der Waals surface area contributed by atoms with Crippen molar-refractivity contribution < 1.29 is 4.79 Å². The number of nitrogen functional groups attached to an aromatic ring is 1. The number of hydrogen-bond acceptors (Lipinski definition) is 2. The molecule has 0 aliphatic rings. The van der Waals surface area contributed by atoms with Gasteiger partial charge >= 0.3 is 0 Å². The Balaban J connectivity index is 2.81. The van der Waals surface area contributed by atoms with Gasteiger partial charge in [0.05, 0.1) is 0 Å². The van der Waals surface area contributed by atoms with E-state index in [1.165, 1.54) is 0 Å². The number of aryl methyl sites for hydroxylation is 2. The molecule has 0 fully saturated rings. The first-order chi connectivity index (χ1) is 8.99. The molecule has 0 aliphatic carbocycles. The van der Waals surface area contributed by atoms with E-state index in [4.69, 9.17) is 5.73 Å². The SMILES string of the molecule is CCCCC(CC)C(=O)Nc1c(C)cc(N)cc1C. The first-order valence-corrected chi connectivity index (χ1v) is 7.17. The van der Waals surface area contributed by atoms with Crippen LogP contribution in [0.4, 0.5) is 11.4 Å². The van der Waals surface area contributed by atoms with Gasteiger partial charge in [-0.05, 0) is 49.9 Å². The lowest BCUT2D eigenvalue weighted by Gasteiger charge is -2.17. The molecule has 3 heteroatoms. The van der Waals surface area contributed by atoms with Crippen molar-refractivity contribution >= 4 is 17.3 Å². The highest BCUT2D eigenvalue weighted by Crippen LogP contribution is 2.25. The number of benzene rings is 1. The third-order valence-electron chi connectivity index (χ3n) is 3.57. The predicted molar refractivity (Wildman–Crippen MR) is 82.3 cm³/mol. The number of rotatable bonds is 6. The molecule has 0 saturated carbocycles. The summed E-state index contributed by atoms with van der Waals surface area (Å²) in [4.78, 5) is 12.3. The van der Waals surface area contributed by atoms with Crippen LogP contribution in [-0.4, -0.2) is 5.91 Å². The average molecular weight is 262 g/mol. The molecule has 0 radical (unpaired) electrons. The Labute approximate surface area is 116 Å². The third-order valence-corrected chi connectivity index (χ3v) is 3.57. The van der Waals surface area contributed by atoms with Gasteiger partial charge < -0.3 is 11.1 Å². The third kappa shape index (κ3) is 4.27. The lowest BCUT2D eigenvalue weighted by molar-refractivity contribution is -0.120. The van der Waals surface area contributed by atoms with Gasteiger partial charge in [-0.3, -0.25) is 4.79 Å². The summed E-state index contributed by atoms with van der Waals surface area (Å²) >= 11 is 0. The summed E-state index contributed by atoms with van der Waals surface area (Å²) in [5.74, 6) is 0.239. The van der Waals surface area contributed by atoms with Gasteiger partial charge in [0.1, 0.15) is 0 Å². The molecule has 3 nitrogen and oxygen atoms in total. The summed E-state index contributed by atoms with van der Waals surface area (Å²) in [6.07, 6.45) is 4.08. The van der Waals surface area contributed by atoms with Gasteiger partial charge in [-0.25, -0.2) is 0 Å². The van der Waals surface area contributed by atoms with Crippen molar-refractivity contribution in [1.82, 2.24) is 0 Å². The number of nitrogens with two attached hydrogens (primary N) is 1. The first-order valence-electron chi connectivity index (χ1n) is 7.17. The topological polar surface area (TPSA) is 55.1 Å². The summed E-state index contributed by atoms with van der Waals surface area (Å²) in [5.41, 5.74) is 9.50. The summed E-state index contributed by atoms with van der Waals surface area (Å²) in [7, 11) is 0. The summed E-state index contributed by atoms with van der Waals surface area (Å²) in [5, 5.41) is 3.07. The van der Waals surface area contributed by atoms with Crippen LogP contribution in [0.25, 0.3) is 0 Å². The zero-order valence-corrected chi connectivity index (χ0v) is 12.5. The van der Waals surface area contributed by atoms with Crippen molar-refractivity contribution in [2.75, 3.05) is 11.1 Å². The van der Waals surface area contributed by atoms with E-state index in [0.717, 1.165) is 48.2 Å². The van der Waals surface area contributed by atoms with Crippen molar-refractivity contribution in [1.29, 1.82) is 0 Å². The number of hydrogen-bond donors (Lipinski definition) is 2. The Hall–Kier alpha value is -1.51. The molecular weight excluding hydrogens is 236 g/mol. The van der Waals surface area contributed by atoms with Crippen LogP contribution in [0, 0.1) is 19.8 Å². The number of carbonyl (C=O) groups is 1. The number of nitrogens with one attached hydrogen (secondary N) is 1. The zero-order chi connectivity index (χ0) is 14.4. The fraction of sp³-hybridized carbons (Fsp3) is 0.562. The fourth-order valence-electron chi connectivity index (χ4n) is 2.39. The highest BCUT2D eigenvalue weighted by atomic mass is 16.1. The van der Waals surface area contributed by atoms with Crippen molar-refractivity contribution in [3.63, 3.8) is 0 Å². The van der Waals surface area contributed by atoms with E-state index in [2.05, 4.69) is 19.2 Å². The monoisotopic (exact) mass is 262 g/mol. The molecule has 0 bridgehead atoms. The van der Waals surface area contributed by atoms with Gasteiger partial charge in [0.15, 0.2) is 0 Å². The van der Waals surface area contributed by atoms with E-state index in [0.29, 0.717) is 0 Å². The van der Waals surface area contributed by atoms with Crippen LogP contribution in [0.2, 0.25) is 0 Å². The maximum atomic E-state index is 12.3. The van der Waals surface area contributed by atoms with Crippen LogP contribution in [0.3, 0.4) is 0 Å². The quantitative estimate of drug-likeness (QED) is 0.760. The van der Waals surface area contributed by atoms with Crippen LogP contribution < -0.4 is 11.1 Å². The molecule has 106 valence electrons. The van der Waals surface area contributed by atoms with Gasteiger partial charge in [0.2, 0.25) is 5.91 Å². The molecule has 1 atom stereocenters. The lowest BCUT2D eigenvalue weighted by atomic mass is 9.97. The molecule has 0 heterocycles. The van der Waals surface area contributed by atoms with Gasteiger partial charge in [0.25, 0.3) is 0 Å². The van der Waals surface area contributed by atoms with Crippen molar-refractivity contribution in [2.24, 2.45) is 5.92 Å². The largest absolute Gasteiger partial charge is 0.399 e. The second-order valence-electron chi connectivity index (χ2n) is 5.27. The minimum Gasteiger partial charge on any atom is -0.399 e. The van der Waals surface area contributed by atoms with E-state index in [-0.39, 0.29) is 11.8 Å². The number of unbranched alkanes of at least 4 members (excludes halogenated alkanes) is 1. The summed E-state index contributed by atoms with van der Waals surface area (Å²) in [6, 6.07) is 3.80. The minimum atomic E-state index is 0.108. The maximum absolute atomic E-state index is 12.3. The van der Waals surface area contributed by atoms with Crippen LogP contribution in [0.15, 0.2) is 12.1 Å². The lowest BCUT2D eigenvalue weighted by Crippen LogP contribution is -2.23. The number of anilines is 2. The molecular formula is C16H26N2O. The van der Waals surface area contributed by atoms with Gasteiger partial charge in [-0.2, -0.15) is 0 Å². The van der Waals surface area contributed by atoms with E-state index in [1.807, 2.05) is 26.0 Å². The zero-order valence-electron chi connectivity index (χ0n) is 12.5. The standard InChI is InChI=1S/C16H26N2O/c1-5-7-8-13(6-2)16(19)18-15-11(3)9-14(17)10-12(15)4/h9-10,13H,5-8,17H2,1-4H3,(H,18,19). The molecule has 1 unspecified atom stereocenters. The fourth-order valence-corrected chi connectivity index (χ4v) is 2.39. The average Bonchev–Trinajstić information content (AvgIpc) is 2.34. The maximum Gasteiger partial charge on any atom is 0.227 e. The van der Waals surface area contributed by atoms with E-state index >= 15 is 0 Å². The molecule has 0 aromatic heterocycles. The second-order valence-corrected chi connectivity index (χ2v) is 5.27. The highest BCUT2D eigenvalue weighted by molar-refractivity contribution is 5.94. The Bertz CT molecular complexity index is 417. The minimum absolute atomic E-state index is 0.108. The highest BCUT2D eigenvalue weighted by Gasteiger charge is 2.17. The second kappa shape index (κ2) is 7.17. The molecule has 1 aromatic carbocycles. The van der Waals surface area contributed by atoms with Crippen LogP contribution >= 0.6 is 0 Å². The van der Waals surface area contributed by atoms with Gasteiger partial charge in [0, 0.05) is 17.3 Å². The van der Waals surface area contributed by atoms with Crippen molar-refractivity contribution in [3.8, 4) is 0 Å². The molecule has 0 spiro atoms. The molecule has 3 N–H and O–H groups in total. The molecule has 1 aromatic rings. The van der Waals surface area contributed by atoms with Crippen molar-refractivity contribution in [3.05, 3.63) is 23.3 Å². The van der Waals surface area contributed by atoms with Gasteiger partial charge in [-0.1, -0.05) is 26.7 Å². The summed E-state index contributed by atoms with van der Waals surface area (Å²) < 4.78 is 0. The van der Waals surface area contributed by atoms with E-state index in [1.54, 1.807) is 0 Å². The van der Waals surface area contributed by atoms with Crippen LogP contribution in [0.1, 0.15) is 50.7 Å². The molecule has 1 amide bonds. The summed E-state index contributed by atoms with van der Waals surface area (Å²) in [6.45, 7) is 8.18. The Morgan fingerprint density at radius 3 is 2.32 bits per heavy atom. The van der Waals surface area contributed by atoms with Gasteiger partial charge in [-0.15, -0.1) is 0 Å². The Morgan fingerprint density at radius 2 is 1.84 bits per heavy atom. The molecule has 19 heavy (non-hydrogen) atoms.